The average Bonchev–Trinajstić information content (AvgIpc) is 2.47. The lowest BCUT2D eigenvalue weighted by Gasteiger charge is -2.15. The molecule has 1 aliphatic rings. The highest BCUT2D eigenvalue weighted by Gasteiger charge is 2.26. The van der Waals surface area contributed by atoms with E-state index in [0.717, 1.165) is 0 Å². The van der Waals surface area contributed by atoms with Gasteiger partial charge in [-0.3, -0.25) is 4.79 Å². The Balaban J connectivity index is 2.22. The Morgan fingerprint density at radius 2 is 2.38 bits per heavy atom. The van der Waals surface area contributed by atoms with Gasteiger partial charge in [0.25, 0.3) is 0 Å². The molecule has 1 rings (SSSR count). The molecule has 6 nitrogen and oxygen atoms in total. The highest BCUT2D eigenvalue weighted by Crippen LogP contribution is 2.04. The van der Waals surface area contributed by atoms with Crippen molar-refractivity contribution in [2.45, 2.75) is 18.2 Å². The van der Waals surface area contributed by atoms with E-state index >= 15 is 0 Å². The fraction of sp³-hybridized carbons (Fsp3) is 0.857. The molecule has 3 atom stereocenters. The van der Waals surface area contributed by atoms with Crippen LogP contribution >= 0.6 is 0 Å². The smallest absolute Gasteiger partial charge is 0.247 e. The molecular weight excluding hydrogens is 176 g/mol. The minimum atomic E-state index is -1.22. The molecule has 1 fully saturated rings. The molecule has 0 spiro atoms. The highest BCUT2D eigenvalue weighted by molar-refractivity contribution is 5.78. The molecule has 0 radical (unpaired) electrons. The van der Waals surface area contributed by atoms with Crippen molar-refractivity contribution in [3.63, 3.8) is 0 Å². The van der Waals surface area contributed by atoms with Crippen LogP contribution in [0.5, 0.6) is 0 Å². The standard InChI is InChI=1S/C7H14N2O4/c8-7(12)5(10)1-9-4-2-13-3-6(4)11/h4-6,9-11H,1-3H2,(H2,8,12). The summed E-state index contributed by atoms with van der Waals surface area (Å²) in [5.74, 6) is -0.777. The number of primary amides is 1. The molecule has 0 bridgehead atoms. The maximum Gasteiger partial charge on any atom is 0.247 e. The largest absolute Gasteiger partial charge is 0.389 e. The van der Waals surface area contributed by atoms with E-state index in [2.05, 4.69) is 5.32 Å². The SMILES string of the molecule is NC(=O)C(O)CNC1COCC1O. The molecule has 0 aromatic carbocycles. The van der Waals surface area contributed by atoms with Gasteiger partial charge in [-0.25, -0.2) is 0 Å². The van der Waals surface area contributed by atoms with Crippen LogP contribution in [0, 0.1) is 0 Å². The fourth-order valence-corrected chi connectivity index (χ4v) is 1.10. The van der Waals surface area contributed by atoms with Crippen LogP contribution in [-0.2, 0) is 9.53 Å². The Kier molecular flexibility index (Phi) is 3.61. The average molecular weight is 190 g/mol. The Labute approximate surface area is 75.7 Å². The van der Waals surface area contributed by atoms with E-state index in [1.54, 1.807) is 0 Å². The van der Waals surface area contributed by atoms with Crippen LogP contribution in [-0.4, -0.2) is 54.1 Å². The maximum absolute atomic E-state index is 10.4. The van der Waals surface area contributed by atoms with Gasteiger partial charge in [-0.2, -0.15) is 0 Å². The maximum atomic E-state index is 10.4. The molecule has 0 aromatic rings. The zero-order chi connectivity index (χ0) is 9.84. The van der Waals surface area contributed by atoms with Crippen LogP contribution in [0.1, 0.15) is 0 Å². The summed E-state index contributed by atoms with van der Waals surface area (Å²) >= 11 is 0. The third-order valence-electron chi connectivity index (χ3n) is 1.95. The van der Waals surface area contributed by atoms with Gasteiger partial charge in [0.1, 0.15) is 6.10 Å². The summed E-state index contributed by atoms with van der Waals surface area (Å²) in [5, 5.41) is 21.1. The lowest BCUT2D eigenvalue weighted by molar-refractivity contribution is -0.125. The van der Waals surface area contributed by atoms with Crippen LogP contribution in [0.15, 0.2) is 0 Å². The monoisotopic (exact) mass is 190 g/mol. The molecule has 0 aromatic heterocycles. The van der Waals surface area contributed by atoms with Gasteiger partial charge in [-0.1, -0.05) is 0 Å². The molecule has 0 aliphatic carbocycles. The predicted molar refractivity (Wildman–Crippen MR) is 43.8 cm³/mol. The number of hydrogen-bond acceptors (Lipinski definition) is 5. The van der Waals surface area contributed by atoms with Gasteiger partial charge in [0.05, 0.1) is 25.4 Å². The number of nitrogens with one attached hydrogen (secondary N) is 1. The molecule has 1 amide bonds. The third-order valence-corrected chi connectivity index (χ3v) is 1.95. The molecular formula is C7H14N2O4. The number of carbonyl (C=O) groups excluding carboxylic acids is 1. The first kappa shape index (κ1) is 10.4. The second-order valence-electron chi connectivity index (χ2n) is 3.04. The van der Waals surface area contributed by atoms with Gasteiger partial charge in [0, 0.05) is 6.54 Å². The summed E-state index contributed by atoms with van der Waals surface area (Å²) in [6, 6.07) is -0.228. The molecule has 1 heterocycles. The summed E-state index contributed by atoms with van der Waals surface area (Å²) in [7, 11) is 0. The topological polar surface area (TPSA) is 105 Å². The second kappa shape index (κ2) is 4.52. The number of aliphatic hydroxyl groups excluding tert-OH is 2. The number of amides is 1. The Morgan fingerprint density at radius 1 is 1.69 bits per heavy atom. The number of carbonyl (C=O) groups is 1. The van der Waals surface area contributed by atoms with Gasteiger partial charge >= 0.3 is 0 Å². The molecule has 1 saturated heterocycles. The van der Waals surface area contributed by atoms with E-state index in [1.165, 1.54) is 0 Å². The molecule has 3 unspecified atom stereocenters. The minimum Gasteiger partial charge on any atom is -0.389 e. The number of nitrogens with two attached hydrogens (primary N) is 1. The van der Waals surface area contributed by atoms with Crippen LogP contribution in [0.4, 0.5) is 0 Å². The predicted octanol–water partition coefficient (Wildman–Crippen LogP) is -2.82. The minimum absolute atomic E-state index is 0.0421. The van der Waals surface area contributed by atoms with E-state index in [0.29, 0.717) is 6.61 Å². The van der Waals surface area contributed by atoms with Gasteiger partial charge in [0.2, 0.25) is 5.91 Å². The van der Waals surface area contributed by atoms with Crippen LogP contribution in [0.3, 0.4) is 0 Å². The highest BCUT2D eigenvalue weighted by atomic mass is 16.5. The first-order valence-corrected chi connectivity index (χ1v) is 4.08. The molecule has 76 valence electrons. The van der Waals surface area contributed by atoms with Gasteiger partial charge in [0.15, 0.2) is 0 Å². The Bertz CT molecular complexity index is 187. The van der Waals surface area contributed by atoms with Crippen LogP contribution < -0.4 is 11.1 Å². The summed E-state index contributed by atoms with van der Waals surface area (Å²) < 4.78 is 4.95. The van der Waals surface area contributed by atoms with Gasteiger partial charge in [-0.05, 0) is 0 Å². The third kappa shape index (κ3) is 2.92. The van der Waals surface area contributed by atoms with Crippen molar-refractivity contribution in [2.24, 2.45) is 5.73 Å². The van der Waals surface area contributed by atoms with E-state index in [1.807, 2.05) is 0 Å². The van der Waals surface area contributed by atoms with Crippen molar-refractivity contribution in [3.8, 4) is 0 Å². The number of hydrogen-bond donors (Lipinski definition) is 4. The van der Waals surface area contributed by atoms with Crippen molar-refractivity contribution in [2.75, 3.05) is 19.8 Å². The molecule has 0 saturated carbocycles. The summed E-state index contributed by atoms with van der Waals surface area (Å²) in [6.07, 6.45) is -1.80. The van der Waals surface area contributed by atoms with E-state index in [-0.39, 0.29) is 19.2 Å². The van der Waals surface area contributed by atoms with E-state index in [9.17, 15) is 9.90 Å². The quantitative estimate of drug-likeness (QED) is 0.383. The number of rotatable bonds is 4. The molecule has 5 N–H and O–H groups in total. The zero-order valence-electron chi connectivity index (χ0n) is 7.14. The van der Waals surface area contributed by atoms with Gasteiger partial charge < -0.3 is 26.0 Å². The molecule has 6 heteroatoms. The Morgan fingerprint density at radius 3 is 2.85 bits per heavy atom. The van der Waals surface area contributed by atoms with E-state index in [4.69, 9.17) is 15.6 Å². The first-order chi connectivity index (χ1) is 6.11. The zero-order valence-corrected chi connectivity index (χ0v) is 7.14. The van der Waals surface area contributed by atoms with Crippen LogP contribution in [0.2, 0.25) is 0 Å². The van der Waals surface area contributed by atoms with Crippen molar-refractivity contribution >= 4 is 5.91 Å². The summed E-state index contributed by atoms with van der Waals surface area (Å²) in [5.41, 5.74) is 4.83. The van der Waals surface area contributed by atoms with Gasteiger partial charge in [-0.15, -0.1) is 0 Å². The first-order valence-electron chi connectivity index (χ1n) is 4.08. The van der Waals surface area contributed by atoms with Crippen molar-refractivity contribution in [3.05, 3.63) is 0 Å². The fourth-order valence-electron chi connectivity index (χ4n) is 1.10. The lowest BCUT2D eigenvalue weighted by atomic mass is 10.2. The second-order valence-corrected chi connectivity index (χ2v) is 3.04. The van der Waals surface area contributed by atoms with Crippen LogP contribution in [0.25, 0.3) is 0 Å². The number of aliphatic hydroxyl groups is 2. The molecule has 1 aliphatic heterocycles. The van der Waals surface area contributed by atoms with Crippen molar-refractivity contribution < 1.29 is 19.7 Å². The van der Waals surface area contributed by atoms with E-state index < -0.39 is 18.1 Å². The lowest BCUT2D eigenvalue weighted by Crippen LogP contribution is -2.46. The normalized spacial score (nSPS) is 30.3. The van der Waals surface area contributed by atoms with Crippen molar-refractivity contribution in [1.82, 2.24) is 5.32 Å². The number of ether oxygens (including phenoxy) is 1. The molecule has 13 heavy (non-hydrogen) atoms. The summed E-state index contributed by atoms with van der Waals surface area (Å²) in [6.45, 7) is 0.706. The summed E-state index contributed by atoms with van der Waals surface area (Å²) in [4.78, 5) is 10.4. The van der Waals surface area contributed by atoms with Crippen molar-refractivity contribution in [1.29, 1.82) is 0 Å². The Hall–Kier alpha value is -0.690.